The van der Waals surface area contributed by atoms with Gasteiger partial charge in [-0.05, 0) is 6.42 Å². The van der Waals surface area contributed by atoms with Crippen LogP contribution in [-0.4, -0.2) is 11.9 Å². The molecule has 0 unspecified atom stereocenters. The Morgan fingerprint density at radius 1 is 1.30 bits per heavy atom. The van der Waals surface area contributed by atoms with Crippen molar-refractivity contribution in [1.29, 1.82) is 0 Å². The summed E-state index contributed by atoms with van der Waals surface area (Å²) >= 11 is 0. The van der Waals surface area contributed by atoms with Crippen LogP contribution in [0.3, 0.4) is 0 Å². The van der Waals surface area contributed by atoms with Crippen LogP contribution in [0.2, 0.25) is 0 Å². The molecule has 0 fully saturated rings. The van der Waals surface area contributed by atoms with E-state index in [2.05, 4.69) is 0 Å². The Bertz CT molecular complexity index is 120. The van der Waals surface area contributed by atoms with Gasteiger partial charge in [-0.1, -0.05) is 6.92 Å². The molecule has 5 heteroatoms. The van der Waals surface area contributed by atoms with Gasteiger partial charge in [0.25, 0.3) is 0 Å². The average molecular weight is 325 g/mol. The van der Waals surface area contributed by atoms with Gasteiger partial charge >= 0.3 is 21.1 Å². The minimum absolute atomic E-state index is 0. The maximum absolute atomic E-state index is 9.84. The molecule has 0 aliphatic rings. The van der Waals surface area contributed by atoms with E-state index in [0.29, 0.717) is 0 Å². The summed E-state index contributed by atoms with van der Waals surface area (Å²) in [6.07, 6.45) is 0.00463. The Balaban J connectivity index is 0. The van der Waals surface area contributed by atoms with Crippen LogP contribution >= 0.6 is 0 Å². The third kappa shape index (κ3) is 3.62. The number of rotatable bonds is 3. The Hall–Kier alpha value is -0.372. The summed E-state index contributed by atoms with van der Waals surface area (Å²) < 4.78 is 0. The molecule has 10 heavy (non-hydrogen) atoms. The van der Waals surface area contributed by atoms with Crippen LogP contribution in [0.25, 0.3) is 0 Å². The minimum atomic E-state index is -1.59. The molecule has 0 heterocycles. The molecule has 0 N–H and O–H groups in total. The second kappa shape index (κ2) is 5.42. The molecule has 0 rings (SSSR count). The van der Waals surface area contributed by atoms with Crippen molar-refractivity contribution in [2.24, 2.45) is 5.92 Å². The van der Waals surface area contributed by atoms with Gasteiger partial charge in [-0.25, -0.2) is 0 Å². The molecule has 0 atom stereocenters. The number of hydrogen-bond donors (Lipinski definition) is 0. The summed E-state index contributed by atoms with van der Waals surface area (Å²) in [6, 6.07) is 0. The second-order valence-electron chi connectivity index (χ2n) is 1.60. The predicted molar refractivity (Wildman–Crippen MR) is 23.8 cm³/mol. The zero-order chi connectivity index (χ0) is 7.44. The Labute approximate surface area is 72.5 Å². The first-order chi connectivity index (χ1) is 4.09. The standard InChI is InChI=1S/C5H8O4.Pt/c1-2-3(4(6)7)5(8)9;/h3H,2H2,1H3,(H,6,7)(H,8,9);/q;+2/p-2. The van der Waals surface area contributed by atoms with Crippen LogP contribution < -0.4 is 10.2 Å². The van der Waals surface area contributed by atoms with Crippen molar-refractivity contribution in [2.45, 2.75) is 13.3 Å². The van der Waals surface area contributed by atoms with Crippen molar-refractivity contribution < 1.29 is 40.9 Å². The van der Waals surface area contributed by atoms with Crippen LogP contribution in [0, 0.1) is 5.92 Å². The molecule has 0 aromatic heterocycles. The fraction of sp³-hybridized carbons (Fsp3) is 0.600. The van der Waals surface area contributed by atoms with E-state index in [1.807, 2.05) is 0 Å². The van der Waals surface area contributed by atoms with E-state index in [1.54, 1.807) is 0 Å². The maximum atomic E-state index is 9.84. The maximum Gasteiger partial charge on any atom is 2.00 e. The largest absolute Gasteiger partial charge is 2.00 e. The molecule has 0 amide bonds. The van der Waals surface area contributed by atoms with E-state index in [-0.39, 0.29) is 27.5 Å². The molecule has 0 spiro atoms. The van der Waals surface area contributed by atoms with Crippen molar-refractivity contribution in [1.82, 2.24) is 0 Å². The Morgan fingerprint density at radius 2 is 1.60 bits per heavy atom. The summed E-state index contributed by atoms with van der Waals surface area (Å²) in [7, 11) is 0. The number of hydrogen-bond acceptors (Lipinski definition) is 4. The van der Waals surface area contributed by atoms with E-state index in [0.717, 1.165) is 0 Å². The van der Waals surface area contributed by atoms with E-state index < -0.39 is 17.9 Å². The number of aliphatic carboxylic acids is 2. The van der Waals surface area contributed by atoms with Crippen LogP contribution in [0.5, 0.6) is 0 Å². The predicted octanol–water partition coefficient (Wildman–Crippen LogP) is -2.49. The third-order valence-corrected chi connectivity index (χ3v) is 0.977. The van der Waals surface area contributed by atoms with Crippen molar-refractivity contribution in [3.05, 3.63) is 0 Å². The fourth-order valence-electron chi connectivity index (χ4n) is 0.430. The van der Waals surface area contributed by atoms with Crippen LogP contribution in [0.1, 0.15) is 13.3 Å². The molecule has 0 saturated heterocycles. The van der Waals surface area contributed by atoms with Gasteiger partial charge in [0.15, 0.2) is 0 Å². The number of carbonyl (C=O) groups excluding carboxylic acids is 2. The molecule has 4 nitrogen and oxygen atoms in total. The number of carboxylic acid groups (broad SMARTS) is 2. The van der Waals surface area contributed by atoms with E-state index in [9.17, 15) is 19.8 Å². The van der Waals surface area contributed by atoms with Crippen LogP contribution in [0.4, 0.5) is 0 Å². The van der Waals surface area contributed by atoms with E-state index in [4.69, 9.17) is 0 Å². The molecule has 0 radical (unpaired) electrons. The van der Waals surface area contributed by atoms with E-state index >= 15 is 0 Å². The van der Waals surface area contributed by atoms with Gasteiger partial charge in [0.05, 0.1) is 11.9 Å². The molecular weight excluding hydrogens is 319 g/mol. The zero-order valence-corrected chi connectivity index (χ0v) is 7.51. The SMILES string of the molecule is CCC(C(=O)[O-])C(=O)[O-].[Pt+2]. The first-order valence-corrected chi connectivity index (χ1v) is 2.51. The zero-order valence-electron chi connectivity index (χ0n) is 5.23. The molecule has 0 aliphatic heterocycles. The third-order valence-electron chi connectivity index (χ3n) is 0.977. The van der Waals surface area contributed by atoms with Crippen molar-refractivity contribution >= 4 is 11.9 Å². The Morgan fingerprint density at radius 3 is 1.60 bits per heavy atom. The Kier molecular flexibility index (Phi) is 6.67. The molecule has 0 aromatic carbocycles. The smallest absolute Gasteiger partial charge is 0.549 e. The topological polar surface area (TPSA) is 80.3 Å². The van der Waals surface area contributed by atoms with Gasteiger partial charge in [0.2, 0.25) is 0 Å². The second-order valence-corrected chi connectivity index (χ2v) is 1.60. The monoisotopic (exact) mass is 325 g/mol. The minimum Gasteiger partial charge on any atom is -0.549 e. The van der Waals surface area contributed by atoms with Gasteiger partial charge in [0, 0.05) is 5.92 Å². The molecular formula is C5H6O4Pt. The number of carboxylic acids is 2. The summed E-state index contributed by atoms with van der Waals surface area (Å²) in [6.45, 7) is 1.44. The first kappa shape index (κ1) is 12.3. The molecule has 0 aromatic rings. The molecule has 0 aliphatic carbocycles. The van der Waals surface area contributed by atoms with Gasteiger partial charge in [-0.3, -0.25) is 0 Å². The summed E-state index contributed by atoms with van der Waals surface area (Å²) in [5.74, 6) is -4.64. The first-order valence-electron chi connectivity index (χ1n) is 2.51. The molecule has 0 bridgehead atoms. The van der Waals surface area contributed by atoms with Gasteiger partial charge in [-0.2, -0.15) is 0 Å². The van der Waals surface area contributed by atoms with Gasteiger partial charge in [-0.15, -0.1) is 0 Å². The van der Waals surface area contributed by atoms with Crippen LogP contribution in [-0.2, 0) is 30.7 Å². The van der Waals surface area contributed by atoms with Crippen molar-refractivity contribution in [2.75, 3.05) is 0 Å². The van der Waals surface area contributed by atoms with E-state index in [1.165, 1.54) is 6.92 Å². The summed E-state index contributed by atoms with van der Waals surface area (Å²) in [5, 5.41) is 19.7. The summed E-state index contributed by atoms with van der Waals surface area (Å²) in [4.78, 5) is 19.7. The quantitative estimate of drug-likeness (QED) is 0.538. The average Bonchev–Trinajstić information content (AvgIpc) is 1.64. The fourth-order valence-corrected chi connectivity index (χ4v) is 0.430. The normalized spacial score (nSPS) is 8.60. The molecule has 60 valence electrons. The van der Waals surface area contributed by atoms with Crippen molar-refractivity contribution in [3.63, 3.8) is 0 Å². The number of carbonyl (C=O) groups is 2. The van der Waals surface area contributed by atoms with Gasteiger partial charge in [0.1, 0.15) is 0 Å². The van der Waals surface area contributed by atoms with Gasteiger partial charge < -0.3 is 19.8 Å². The molecule has 0 saturated carbocycles. The van der Waals surface area contributed by atoms with Crippen LogP contribution in [0.15, 0.2) is 0 Å². The summed E-state index contributed by atoms with van der Waals surface area (Å²) in [5.41, 5.74) is 0. The van der Waals surface area contributed by atoms with Crippen molar-refractivity contribution in [3.8, 4) is 0 Å².